The van der Waals surface area contributed by atoms with E-state index in [1.807, 2.05) is 17.8 Å². The third kappa shape index (κ3) is 4.37. The Morgan fingerprint density at radius 3 is 2.55 bits per heavy atom. The van der Waals surface area contributed by atoms with Crippen LogP contribution in [0.4, 0.5) is 0 Å². The summed E-state index contributed by atoms with van der Waals surface area (Å²) < 4.78 is 1.14. The van der Waals surface area contributed by atoms with Gasteiger partial charge in [0, 0.05) is 21.2 Å². The summed E-state index contributed by atoms with van der Waals surface area (Å²) in [6.07, 6.45) is 0.929. The molecule has 3 heteroatoms. The largest absolute Gasteiger partial charge is 0.327 e. The van der Waals surface area contributed by atoms with Crippen molar-refractivity contribution in [3.05, 3.63) is 63.6 Å². The maximum absolute atomic E-state index is 6.26. The second-order valence-electron chi connectivity index (χ2n) is 5.12. The molecule has 0 aliphatic rings. The Morgan fingerprint density at radius 2 is 1.85 bits per heavy atom. The molecule has 2 aromatic carbocycles. The molecule has 0 saturated heterocycles. The zero-order chi connectivity index (χ0) is 14.5. The van der Waals surface area contributed by atoms with Gasteiger partial charge in [0.1, 0.15) is 0 Å². The maximum Gasteiger partial charge on any atom is 0.0311 e. The summed E-state index contributed by atoms with van der Waals surface area (Å²) in [7, 11) is 0. The standard InChI is InChI=1S/C17H20BrNS/c1-12-7-8-14(9-13(12)2)10-15(19)11-20-17-6-4-3-5-16(17)18/h3-9,15H,10-11,19H2,1-2H3. The van der Waals surface area contributed by atoms with Crippen molar-refractivity contribution in [1.29, 1.82) is 0 Å². The molecule has 0 aliphatic carbocycles. The van der Waals surface area contributed by atoms with Crippen LogP contribution in [0.3, 0.4) is 0 Å². The van der Waals surface area contributed by atoms with Gasteiger partial charge in [0.25, 0.3) is 0 Å². The lowest BCUT2D eigenvalue weighted by molar-refractivity contribution is 0.748. The highest BCUT2D eigenvalue weighted by molar-refractivity contribution is 9.10. The van der Waals surface area contributed by atoms with E-state index in [0.29, 0.717) is 0 Å². The molecular formula is C17H20BrNS. The molecule has 20 heavy (non-hydrogen) atoms. The summed E-state index contributed by atoms with van der Waals surface area (Å²) in [5, 5.41) is 0. The normalized spacial score (nSPS) is 12.4. The van der Waals surface area contributed by atoms with Gasteiger partial charge >= 0.3 is 0 Å². The zero-order valence-electron chi connectivity index (χ0n) is 11.9. The highest BCUT2D eigenvalue weighted by Crippen LogP contribution is 2.27. The van der Waals surface area contributed by atoms with E-state index in [-0.39, 0.29) is 6.04 Å². The molecule has 0 spiro atoms. The van der Waals surface area contributed by atoms with E-state index in [9.17, 15) is 0 Å². The molecule has 2 rings (SSSR count). The van der Waals surface area contributed by atoms with Crippen LogP contribution in [0.15, 0.2) is 51.8 Å². The number of benzene rings is 2. The third-order valence-electron chi connectivity index (χ3n) is 3.36. The van der Waals surface area contributed by atoms with Crippen LogP contribution in [0.25, 0.3) is 0 Å². The number of hydrogen-bond acceptors (Lipinski definition) is 2. The minimum atomic E-state index is 0.175. The Hall–Kier alpha value is -0.770. The number of thioether (sulfide) groups is 1. The van der Waals surface area contributed by atoms with Crippen LogP contribution in [-0.2, 0) is 6.42 Å². The smallest absolute Gasteiger partial charge is 0.0311 e. The second kappa shape index (κ2) is 7.30. The van der Waals surface area contributed by atoms with Gasteiger partial charge in [-0.2, -0.15) is 0 Å². The first-order valence-corrected chi connectivity index (χ1v) is 8.53. The third-order valence-corrected chi connectivity index (χ3v) is 5.57. The number of hydrogen-bond donors (Lipinski definition) is 1. The molecule has 2 aromatic rings. The van der Waals surface area contributed by atoms with Gasteiger partial charge in [-0.05, 0) is 65.0 Å². The fraction of sp³-hybridized carbons (Fsp3) is 0.294. The lowest BCUT2D eigenvalue weighted by atomic mass is 10.0. The highest BCUT2D eigenvalue weighted by atomic mass is 79.9. The van der Waals surface area contributed by atoms with Crippen LogP contribution in [0.2, 0.25) is 0 Å². The Balaban J connectivity index is 1.91. The van der Waals surface area contributed by atoms with E-state index >= 15 is 0 Å². The molecule has 1 nitrogen and oxygen atoms in total. The summed E-state index contributed by atoms with van der Waals surface area (Å²) in [6, 6.07) is 15.1. The summed E-state index contributed by atoms with van der Waals surface area (Å²) in [6.45, 7) is 4.29. The van der Waals surface area contributed by atoms with Gasteiger partial charge in [-0.3, -0.25) is 0 Å². The van der Waals surface area contributed by atoms with Crippen LogP contribution >= 0.6 is 27.7 Å². The van der Waals surface area contributed by atoms with E-state index in [0.717, 1.165) is 16.6 Å². The summed E-state index contributed by atoms with van der Waals surface area (Å²) in [4.78, 5) is 1.25. The first-order valence-electron chi connectivity index (χ1n) is 6.75. The van der Waals surface area contributed by atoms with Crippen molar-refractivity contribution in [3.63, 3.8) is 0 Å². The Kier molecular flexibility index (Phi) is 5.70. The number of nitrogens with two attached hydrogens (primary N) is 1. The predicted molar refractivity (Wildman–Crippen MR) is 92.5 cm³/mol. The Morgan fingerprint density at radius 1 is 1.10 bits per heavy atom. The first-order chi connectivity index (χ1) is 9.56. The molecule has 2 N–H and O–H groups in total. The van der Waals surface area contributed by atoms with Gasteiger partial charge in [0.15, 0.2) is 0 Å². The van der Waals surface area contributed by atoms with E-state index < -0.39 is 0 Å². The van der Waals surface area contributed by atoms with Gasteiger partial charge in [0.05, 0.1) is 0 Å². The highest BCUT2D eigenvalue weighted by Gasteiger charge is 2.07. The maximum atomic E-state index is 6.26. The van der Waals surface area contributed by atoms with Crippen LogP contribution < -0.4 is 5.73 Å². The predicted octanol–water partition coefficient (Wildman–Crippen LogP) is 4.73. The molecule has 0 saturated carbocycles. The van der Waals surface area contributed by atoms with Crippen LogP contribution in [0, 0.1) is 13.8 Å². The van der Waals surface area contributed by atoms with Crippen molar-refractivity contribution in [2.45, 2.75) is 31.2 Å². The molecule has 1 unspecified atom stereocenters. The van der Waals surface area contributed by atoms with E-state index in [4.69, 9.17) is 5.73 Å². The fourth-order valence-corrected chi connectivity index (χ4v) is 3.57. The van der Waals surface area contributed by atoms with Gasteiger partial charge in [0.2, 0.25) is 0 Å². The van der Waals surface area contributed by atoms with E-state index in [1.165, 1.54) is 21.6 Å². The van der Waals surface area contributed by atoms with E-state index in [1.54, 1.807) is 0 Å². The van der Waals surface area contributed by atoms with Crippen molar-refractivity contribution >= 4 is 27.7 Å². The van der Waals surface area contributed by atoms with Crippen LogP contribution in [-0.4, -0.2) is 11.8 Å². The average molecular weight is 350 g/mol. The number of halogens is 1. The van der Waals surface area contributed by atoms with Crippen molar-refractivity contribution in [3.8, 4) is 0 Å². The number of aryl methyl sites for hydroxylation is 2. The van der Waals surface area contributed by atoms with E-state index in [2.05, 4.69) is 66.2 Å². The monoisotopic (exact) mass is 349 g/mol. The molecule has 0 aromatic heterocycles. The lowest BCUT2D eigenvalue weighted by Gasteiger charge is -2.13. The molecule has 0 aliphatic heterocycles. The molecule has 0 bridgehead atoms. The molecule has 106 valence electrons. The quantitative estimate of drug-likeness (QED) is 0.789. The van der Waals surface area contributed by atoms with Crippen LogP contribution in [0.5, 0.6) is 0 Å². The molecule has 0 heterocycles. The minimum absolute atomic E-state index is 0.175. The van der Waals surface area contributed by atoms with Gasteiger partial charge < -0.3 is 5.73 Å². The Bertz CT molecular complexity index is 583. The van der Waals surface area contributed by atoms with Crippen LogP contribution in [0.1, 0.15) is 16.7 Å². The zero-order valence-corrected chi connectivity index (χ0v) is 14.3. The molecular weight excluding hydrogens is 330 g/mol. The van der Waals surface area contributed by atoms with Crippen molar-refractivity contribution in [1.82, 2.24) is 0 Å². The number of rotatable bonds is 5. The first kappa shape index (κ1) is 15.6. The van der Waals surface area contributed by atoms with Gasteiger partial charge in [-0.15, -0.1) is 11.8 Å². The molecule has 0 radical (unpaired) electrons. The van der Waals surface area contributed by atoms with Gasteiger partial charge in [-0.25, -0.2) is 0 Å². The minimum Gasteiger partial charge on any atom is -0.327 e. The molecule has 0 fully saturated rings. The summed E-state index contributed by atoms with van der Waals surface area (Å²) >= 11 is 5.38. The van der Waals surface area contributed by atoms with Crippen molar-refractivity contribution in [2.75, 3.05) is 5.75 Å². The molecule has 0 amide bonds. The van der Waals surface area contributed by atoms with Crippen molar-refractivity contribution < 1.29 is 0 Å². The average Bonchev–Trinajstić information content (AvgIpc) is 2.42. The SMILES string of the molecule is Cc1ccc(CC(N)CSc2ccccc2Br)cc1C. The fourth-order valence-electron chi connectivity index (χ4n) is 2.05. The summed E-state index contributed by atoms with van der Waals surface area (Å²) in [5.74, 6) is 0.926. The topological polar surface area (TPSA) is 26.0 Å². The summed E-state index contributed by atoms with van der Waals surface area (Å²) in [5.41, 5.74) is 10.3. The van der Waals surface area contributed by atoms with Crippen molar-refractivity contribution in [2.24, 2.45) is 5.73 Å². The second-order valence-corrected chi connectivity index (χ2v) is 7.04. The molecule has 1 atom stereocenters. The lowest BCUT2D eigenvalue weighted by Crippen LogP contribution is -2.25. The Labute approximate surface area is 134 Å². The van der Waals surface area contributed by atoms with Gasteiger partial charge in [-0.1, -0.05) is 30.3 Å².